The van der Waals surface area contributed by atoms with Gasteiger partial charge in [0.25, 0.3) is 0 Å². The summed E-state index contributed by atoms with van der Waals surface area (Å²) < 4.78 is 14.3. The fraction of sp³-hybridized carbons (Fsp3) is 0.111. The molecule has 0 N–H and O–H groups in total. The van der Waals surface area contributed by atoms with Crippen LogP contribution >= 0.6 is 27.5 Å². The molecule has 1 atom stereocenters. The number of fused-ring (bicyclic) bond motifs is 1. The first-order valence-corrected chi connectivity index (χ1v) is 7.88. The third-order valence-corrected chi connectivity index (χ3v) is 4.87. The number of aryl methyl sites for hydroxylation is 1. The highest BCUT2D eigenvalue weighted by molar-refractivity contribution is 9.10. The van der Waals surface area contributed by atoms with Crippen LogP contribution in [0.1, 0.15) is 22.1 Å². The molecule has 0 radical (unpaired) electrons. The second-order valence-electron chi connectivity index (χ2n) is 5.05. The van der Waals surface area contributed by atoms with Gasteiger partial charge in [-0.3, -0.25) is 0 Å². The number of benzene rings is 3. The van der Waals surface area contributed by atoms with E-state index in [2.05, 4.69) is 41.1 Å². The molecule has 3 aromatic carbocycles. The van der Waals surface area contributed by atoms with Crippen LogP contribution in [0.2, 0.25) is 0 Å². The molecule has 106 valence electrons. The highest BCUT2D eigenvalue weighted by atomic mass is 79.9. The van der Waals surface area contributed by atoms with Gasteiger partial charge < -0.3 is 0 Å². The number of halogens is 3. The van der Waals surface area contributed by atoms with Crippen molar-refractivity contribution in [1.82, 2.24) is 0 Å². The van der Waals surface area contributed by atoms with Gasteiger partial charge in [-0.05, 0) is 52.6 Å². The molecule has 0 spiro atoms. The zero-order chi connectivity index (χ0) is 15.0. The summed E-state index contributed by atoms with van der Waals surface area (Å²) in [4.78, 5) is 0. The van der Waals surface area contributed by atoms with Crippen molar-refractivity contribution in [2.45, 2.75) is 12.3 Å². The molecule has 3 rings (SSSR count). The van der Waals surface area contributed by atoms with E-state index in [-0.39, 0.29) is 5.82 Å². The highest BCUT2D eigenvalue weighted by Gasteiger charge is 2.17. The predicted octanol–water partition coefficient (Wildman–Crippen LogP) is 6.38. The van der Waals surface area contributed by atoms with Crippen molar-refractivity contribution in [1.29, 1.82) is 0 Å². The van der Waals surface area contributed by atoms with Gasteiger partial charge in [-0.15, -0.1) is 11.6 Å². The lowest BCUT2D eigenvalue weighted by Gasteiger charge is -2.16. The van der Waals surface area contributed by atoms with E-state index in [0.717, 1.165) is 21.0 Å². The monoisotopic (exact) mass is 362 g/mol. The topological polar surface area (TPSA) is 0 Å². The second kappa shape index (κ2) is 5.78. The first kappa shape index (κ1) is 14.6. The van der Waals surface area contributed by atoms with Gasteiger partial charge in [0.05, 0.1) is 5.38 Å². The van der Waals surface area contributed by atoms with E-state index in [1.54, 1.807) is 6.07 Å². The van der Waals surface area contributed by atoms with Crippen molar-refractivity contribution in [3.63, 3.8) is 0 Å². The van der Waals surface area contributed by atoms with Crippen LogP contribution in [0.3, 0.4) is 0 Å². The predicted molar refractivity (Wildman–Crippen MR) is 90.5 cm³/mol. The van der Waals surface area contributed by atoms with Gasteiger partial charge in [-0.1, -0.05) is 52.3 Å². The molecule has 0 saturated carbocycles. The van der Waals surface area contributed by atoms with Crippen molar-refractivity contribution in [3.05, 3.63) is 81.6 Å². The summed E-state index contributed by atoms with van der Waals surface area (Å²) in [6, 6.07) is 16.8. The number of alkyl halides is 1. The maximum Gasteiger partial charge on any atom is 0.123 e. The Morgan fingerprint density at radius 2 is 1.67 bits per heavy atom. The molecule has 0 aliphatic rings. The summed E-state index contributed by atoms with van der Waals surface area (Å²) in [7, 11) is 0. The molecule has 0 heterocycles. The number of hydrogen-bond acceptors (Lipinski definition) is 0. The molecule has 0 nitrogen and oxygen atoms in total. The van der Waals surface area contributed by atoms with Crippen molar-refractivity contribution < 1.29 is 4.39 Å². The number of hydrogen-bond donors (Lipinski definition) is 0. The molecule has 0 bridgehead atoms. The molecule has 0 aliphatic carbocycles. The van der Waals surface area contributed by atoms with Gasteiger partial charge in [-0.2, -0.15) is 0 Å². The fourth-order valence-electron chi connectivity index (χ4n) is 2.57. The molecule has 0 saturated heterocycles. The smallest absolute Gasteiger partial charge is 0.123 e. The lowest BCUT2D eigenvalue weighted by Crippen LogP contribution is -1.97. The Morgan fingerprint density at radius 1 is 0.952 bits per heavy atom. The quantitative estimate of drug-likeness (QED) is 0.463. The number of rotatable bonds is 2. The third-order valence-electron chi connectivity index (χ3n) is 3.68. The van der Waals surface area contributed by atoms with Crippen molar-refractivity contribution >= 4 is 38.3 Å². The molecule has 0 aliphatic heterocycles. The van der Waals surface area contributed by atoms with Crippen LogP contribution < -0.4 is 0 Å². The van der Waals surface area contributed by atoms with Gasteiger partial charge in [-0.25, -0.2) is 4.39 Å². The molecule has 3 heteroatoms. The minimum Gasteiger partial charge on any atom is -0.207 e. The van der Waals surface area contributed by atoms with Gasteiger partial charge >= 0.3 is 0 Å². The SMILES string of the molecule is Cc1ccc(C(Cl)c2cc(F)ccc2Br)c2ccccc12. The Bertz CT molecular complexity index is 813. The van der Waals surface area contributed by atoms with Crippen LogP contribution in [0.15, 0.2) is 59.1 Å². The lowest BCUT2D eigenvalue weighted by molar-refractivity contribution is 0.625. The molecule has 0 aromatic heterocycles. The normalized spacial score (nSPS) is 12.6. The zero-order valence-electron chi connectivity index (χ0n) is 11.4. The van der Waals surface area contributed by atoms with Crippen LogP contribution in [0, 0.1) is 12.7 Å². The van der Waals surface area contributed by atoms with Gasteiger partial charge in [0.2, 0.25) is 0 Å². The summed E-state index contributed by atoms with van der Waals surface area (Å²) in [5.74, 6) is -0.282. The van der Waals surface area contributed by atoms with E-state index in [9.17, 15) is 4.39 Å². The second-order valence-corrected chi connectivity index (χ2v) is 6.34. The molecule has 0 amide bonds. The summed E-state index contributed by atoms with van der Waals surface area (Å²) in [5, 5.41) is 1.88. The van der Waals surface area contributed by atoms with Crippen LogP contribution in [0.25, 0.3) is 10.8 Å². The van der Waals surface area contributed by atoms with E-state index in [1.165, 1.54) is 23.1 Å². The van der Waals surface area contributed by atoms with E-state index >= 15 is 0 Å². The Balaban J connectivity index is 2.20. The third kappa shape index (κ3) is 2.70. The Labute approximate surface area is 136 Å². The molecular formula is C18H13BrClF. The van der Waals surface area contributed by atoms with Gasteiger partial charge in [0.1, 0.15) is 5.82 Å². The maximum atomic E-state index is 13.5. The summed E-state index contributed by atoms with van der Waals surface area (Å²) in [5.41, 5.74) is 2.94. The highest BCUT2D eigenvalue weighted by Crippen LogP contribution is 2.38. The molecule has 1 unspecified atom stereocenters. The van der Waals surface area contributed by atoms with E-state index < -0.39 is 5.38 Å². The summed E-state index contributed by atoms with van der Waals surface area (Å²) in [6.07, 6.45) is 0. The molecule has 3 aromatic rings. The van der Waals surface area contributed by atoms with E-state index in [0.29, 0.717) is 0 Å². The minimum atomic E-state index is -0.402. The van der Waals surface area contributed by atoms with Crippen LogP contribution in [-0.4, -0.2) is 0 Å². The van der Waals surface area contributed by atoms with E-state index in [1.807, 2.05) is 18.2 Å². The standard InChI is InChI=1S/C18H13BrClF/c1-11-6-8-15(14-5-3-2-4-13(11)14)18(20)16-10-12(21)7-9-17(16)19/h2-10,18H,1H3. The zero-order valence-corrected chi connectivity index (χ0v) is 13.7. The van der Waals surface area contributed by atoms with Crippen LogP contribution in [-0.2, 0) is 0 Å². The average Bonchev–Trinajstić information content (AvgIpc) is 2.50. The van der Waals surface area contributed by atoms with Crippen molar-refractivity contribution in [2.24, 2.45) is 0 Å². The van der Waals surface area contributed by atoms with Gasteiger partial charge in [0.15, 0.2) is 0 Å². The van der Waals surface area contributed by atoms with Crippen LogP contribution in [0.5, 0.6) is 0 Å². The molecule has 0 fully saturated rings. The van der Waals surface area contributed by atoms with E-state index in [4.69, 9.17) is 11.6 Å². The molecule has 21 heavy (non-hydrogen) atoms. The summed E-state index contributed by atoms with van der Waals surface area (Å²) in [6.45, 7) is 2.08. The minimum absolute atomic E-state index is 0.282. The fourth-order valence-corrected chi connectivity index (χ4v) is 3.55. The Kier molecular flexibility index (Phi) is 4.01. The summed E-state index contributed by atoms with van der Waals surface area (Å²) >= 11 is 10.1. The first-order chi connectivity index (χ1) is 10.1. The van der Waals surface area contributed by atoms with Crippen LogP contribution in [0.4, 0.5) is 4.39 Å². The van der Waals surface area contributed by atoms with Gasteiger partial charge in [0, 0.05) is 4.47 Å². The largest absolute Gasteiger partial charge is 0.207 e. The average molecular weight is 364 g/mol. The molecular weight excluding hydrogens is 351 g/mol. The van der Waals surface area contributed by atoms with Crippen molar-refractivity contribution in [3.8, 4) is 0 Å². The Hall–Kier alpha value is -1.38. The lowest BCUT2D eigenvalue weighted by atomic mass is 9.95. The van der Waals surface area contributed by atoms with Crippen molar-refractivity contribution in [2.75, 3.05) is 0 Å². The Morgan fingerprint density at radius 3 is 2.43 bits per heavy atom. The maximum absolute atomic E-state index is 13.5. The first-order valence-electron chi connectivity index (χ1n) is 6.65.